The predicted molar refractivity (Wildman–Crippen MR) is 78.1 cm³/mol. The summed E-state index contributed by atoms with van der Waals surface area (Å²) in [5.74, 6) is 1.79. The molecule has 2 rings (SSSR count). The summed E-state index contributed by atoms with van der Waals surface area (Å²) < 4.78 is 6.72. The third-order valence-corrected chi connectivity index (χ3v) is 3.56. The number of hydrogen-bond acceptors (Lipinski definition) is 2. The number of furan rings is 1. The third kappa shape index (κ3) is 2.97. The van der Waals surface area contributed by atoms with Crippen LogP contribution in [0.3, 0.4) is 0 Å². The van der Waals surface area contributed by atoms with Crippen LogP contribution >= 0.6 is 27.5 Å². The second-order valence-electron chi connectivity index (χ2n) is 4.10. The highest BCUT2D eigenvalue weighted by molar-refractivity contribution is 9.10. The van der Waals surface area contributed by atoms with Crippen molar-refractivity contribution in [2.45, 2.75) is 19.9 Å². The molecule has 0 spiro atoms. The Morgan fingerprint density at radius 2 is 2.11 bits per heavy atom. The number of rotatable bonds is 4. The highest BCUT2D eigenvalue weighted by atomic mass is 79.9. The lowest BCUT2D eigenvalue weighted by molar-refractivity contribution is 0.435. The zero-order chi connectivity index (χ0) is 13.1. The molecule has 2 aromatic rings. The minimum absolute atomic E-state index is 0.0197. The molecule has 4 heteroatoms. The van der Waals surface area contributed by atoms with Crippen LogP contribution in [-0.4, -0.2) is 6.54 Å². The summed E-state index contributed by atoms with van der Waals surface area (Å²) in [5, 5.41) is 4.13. The first-order valence-electron chi connectivity index (χ1n) is 5.86. The Kier molecular flexibility index (Phi) is 4.49. The van der Waals surface area contributed by atoms with Crippen molar-refractivity contribution in [1.82, 2.24) is 5.32 Å². The minimum Gasteiger partial charge on any atom is -0.464 e. The average Bonchev–Trinajstić information content (AvgIpc) is 2.76. The van der Waals surface area contributed by atoms with Gasteiger partial charge in [0.15, 0.2) is 0 Å². The first kappa shape index (κ1) is 13.7. The fourth-order valence-corrected chi connectivity index (χ4v) is 2.52. The third-order valence-electron chi connectivity index (χ3n) is 2.72. The van der Waals surface area contributed by atoms with Crippen LogP contribution in [0.2, 0.25) is 5.02 Å². The van der Waals surface area contributed by atoms with Crippen LogP contribution in [0.15, 0.2) is 39.2 Å². The molecule has 0 bridgehead atoms. The van der Waals surface area contributed by atoms with E-state index >= 15 is 0 Å². The summed E-state index contributed by atoms with van der Waals surface area (Å²) in [4.78, 5) is 0. The fraction of sp³-hybridized carbons (Fsp3) is 0.286. The molecule has 1 aromatic heterocycles. The molecule has 0 saturated carbocycles. The Bertz CT molecular complexity index is 538. The molecular formula is C14H15BrClNO. The van der Waals surface area contributed by atoms with E-state index in [0.717, 1.165) is 33.1 Å². The monoisotopic (exact) mass is 327 g/mol. The molecule has 1 heterocycles. The van der Waals surface area contributed by atoms with E-state index in [1.165, 1.54) is 0 Å². The lowest BCUT2D eigenvalue weighted by Gasteiger charge is -2.17. The van der Waals surface area contributed by atoms with Gasteiger partial charge in [-0.25, -0.2) is 0 Å². The van der Waals surface area contributed by atoms with E-state index in [4.69, 9.17) is 16.0 Å². The Labute approximate surface area is 120 Å². The summed E-state index contributed by atoms with van der Waals surface area (Å²) >= 11 is 9.76. The molecule has 1 unspecified atom stereocenters. The lowest BCUT2D eigenvalue weighted by Crippen LogP contribution is -2.21. The van der Waals surface area contributed by atoms with E-state index in [-0.39, 0.29) is 6.04 Å². The van der Waals surface area contributed by atoms with Gasteiger partial charge >= 0.3 is 0 Å². The van der Waals surface area contributed by atoms with Gasteiger partial charge in [0, 0.05) is 9.50 Å². The van der Waals surface area contributed by atoms with Crippen LogP contribution in [0.1, 0.15) is 30.0 Å². The molecule has 18 heavy (non-hydrogen) atoms. The van der Waals surface area contributed by atoms with Crippen molar-refractivity contribution in [2.24, 2.45) is 0 Å². The molecule has 1 aromatic carbocycles. The Balaban J connectivity index is 2.44. The largest absolute Gasteiger partial charge is 0.464 e. The lowest BCUT2D eigenvalue weighted by atomic mass is 10.0. The molecule has 0 radical (unpaired) electrons. The maximum absolute atomic E-state index is 6.28. The molecule has 0 fully saturated rings. The highest BCUT2D eigenvalue weighted by Gasteiger charge is 2.19. The summed E-state index contributed by atoms with van der Waals surface area (Å²) in [6, 6.07) is 9.77. The average molecular weight is 329 g/mol. The zero-order valence-electron chi connectivity index (χ0n) is 10.3. The Morgan fingerprint density at radius 1 is 1.33 bits per heavy atom. The van der Waals surface area contributed by atoms with E-state index in [9.17, 15) is 0 Å². The first-order chi connectivity index (χ1) is 8.61. The quantitative estimate of drug-likeness (QED) is 0.880. The van der Waals surface area contributed by atoms with Gasteiger partial charge in [0.2, 0.25) is 0 Å². The second-order valence-corrected chi connectivity index (χ2v) is 5.43. The SMILES string of the molecule is CCNC(c1ccc(C)o1)c1cc(Br)ccc1Cl. The Hall–Kier alpha value is -0.770. The van der Waals surface area contributed by atoms with E-state index in [1.807, 2.05) is 37.3 Å². The number of halogens is 2. The van der Waals surface area contributed by atoms with E-state index < -0.39 is 0 Å². The van der Waals surface area contributed by atoms with E-state index in [0.29, 0.717) is 0 Å². The molecular weight excluding hydrogens is 314 g/mol. The van der Waals surface area contributed by atoms with Crippen molar-refractivity contribution in [3.05, 3.63) is 56.9 Å². The van der Waals surface area contributed by atoms with E-state index in [1.54, 1.807) is 0 Å². The maximum atomic E-state index is 6.28. The van der Waals surface area contributed by atoms with Gasteiger partial charge in [0.25, 0.3) is 0 Å². The molecule has 0 amide bonds. The summed E-state index contributed by atoms with van der Waals surface area (Å²) in [7, 11) is 0. The Morgan fingerprint density at radius 3 is 2.72 bits per heavy atom. The number of benzene rings is 1. The molecule has 1 atom stereocenters. The number of aryl methyl sites for hydroxylation is 1. The van der Waals surface area contributed by atoms with Gasteiger partial charge < -0.3 is 9.73 Å². The first-order valence-corrected chi connectivity index (χ1v) is 7.03. The molecule has 0 saturated heterocycles. The van der Waals surface area contributed by atoms with Crippen molar-refractivity contribution in [1.29, 1.82) is 0 Å². The van der Waals surface area contributed by atoms with Gasteiger partial charge in [0.05, 0.1) is 6.04 Å². The molecule has 0 aliphatic rings. The van der Waals surface area contributed by atoms with Crippen molar-refractivity contribution in [2.75, 3.05) is 6.54 Å². The van der Waals surface area contributed by atoms with Crippen molar-refractivity contribution < 1.29 is 4.42 Å². The standard InChI is InChI=1S/C14H15BrClNO/c1-3-17-14(13-7-4-9(2)18-13)11-8-10(15)5-6-12(11)16/h4-8,14,17H,3H2,1-2H3. The van der Waals surface area contributed by atoms with Gasteiger partial charge in [0.1, 0.15) is 11.5 Å². The van der Waals surface area contributed by atoms with Crippen molar-refractivity contribution in [3.8, 4) is 0 Å². The minimum atomic E-state index is -0.0197. The summed E-state index contributed by atoms with van der Waals surface area (Å²) in [5.41, 5.74) is 1.02. The fourth-order valence-electron chi connectivity index (χ4n) is 1.91. The van der Waals surface area contributed by atoms with Gasteiger partial charge in [-0.05, 0) is 49.4 Å². The van der Waals surface area contributed by atoms with E-state index in [2.05, 4.69) is 28.2 Å². The van der Waals surface area contributed by atoms with Crippen LogP contribution in [0.25, 0.3) is 0 Å². The van der Waals surface area contributed by atoms with Gasteiger partial charge in [-0.2, -0.15) is 0 Å². The number of nitrogens with one attached hydrogen (secondary N) is 1. The van der Waals surface area contributed by atoms with Crippen molar-refractivity contribution in [3.63, 3.8) is 0 Å². The zero-order valence-corrected chi connectivity index (χ0v) is 12.7. The van der Waals surface area contributed by atoms with Gasteiger partial charge in [-0.3, -0.25) is 0 Å². The van der Waals surface area contributed by atoms with Crippen LogP contribution in [-0.2, 0) is 0 Å². The molecule has 0 aliphatic carbocycles. The maximum Gasteiger partial charge on any atom is 0.125 e. The molecule has 1 N–H and O–H groups in total. The second kappa shape index (κ2) is 5.91. The smallest absolute Gasteiger partial charge is 0.125 e. The molecule has 0 aliphatic heterocycles. The van der Waals surface area contributed by atoms with Crippen LogP contribution in [0.5, 0.6) is 0 Å². The number of hydrogen-bond donors (Lipinski definition) is 1. The van der Waals surface area contributed by atoms with Gasteiger partial charge in [-0.1, -0.05) is 34.5 Å². The molecule has 96 valence electrons. The molecule has 2 nitrogen and oxygen atoms in total. The van der Waals surface area contributed by atoms with Gasteiger partial charge in [-0.15, -0.1) is 0 Å². The van der Waals surface area contributed by atoms with Crippen LogP contribution < -0.4 is 5.32 Å². The van der Waals surface area contributed by atoms with Crippen LogP contribution in [0, 0.1) is 6.92 Å². The predicted octanol–water partition coefficient (Wildman–Crippen LogP) is 4.70. The van der Waals surface area contributed by atoms with Crippen LogP contribution in [0.4, 0.5) is 0 Å². The topological polar surface area (TPSA) is 25.2 Å². The summed E-state index contributed by atoms with van der Waals surface area (Å²) in [6.07, 6.45) is 0. The summed E-state index contributed by atoms with van der Waals surface area (Å²) in [6.45, 7) is 4.84. The highest BCUT2D eigenvalue weighted by Crippen LogP contribution is 2.31. The van der Waals surface area contributed by atoms with Crippen molar-refractivity contribution >= 4 is 27.5 Å². The normalized spacial score (nSPS) is 12.7.